The maximum Gasteiger partial charge on any atom is 0.270 e. The highest BCUT2D eigenvalue weighted by atomic mass is 16.5. The number of piperazine rings is 1. The first-order valence-electron chi connectivity index (χ1n) is 12.9. The summed E-state index contributed by atoms with van der Waals surface area (Å²) in [6.07, 6.45) is 6.71. The molecule has 2 unspecified atom stereocenters. The van der Waals surface area contributed by atoms with E-state index in [9.17, 15) is 9.90 Å². The van der Waals surface area contributed by atoms with Gasteiger partial charge in [-0.15, -0.1) is 0 Å². The lowest BCUT2D eigenvalue weighted by molar-refractivity contribution is -0.136. The maximum atomic E-state index is 13.2. The first-order chi connectivity index (χ1) is 16.9. The van der Waals surface area contributed by atoms with Gasteiger partial charge in [0.25, 0.3) is 5.91 Å². The molecule has 8 heteroatoms. The zero-order valence-electron chi connectivity index (χ0n) is 20.6. The molecule has 3 atom stereocenters. The molecule has 4 bridgehead atoms. The van der Waals surface area contributed by atoms with Gasteiger partial charge in [0.1, 0.15) is 11.5 Å². The van der Waals surface area contributed by atoms with E-state index in [-0.39, 0.29) is 18.0 Å². The number of hydrogen-bond acceptors (Lipinski definition) is 7. The van der Waals surface area contributed by atoms with Crippen LogP contribution in [0.5, 0.6) is 5.88 Å². The molecular formula is C27H35N5O3. The highest BCUT2D eigenvalue weighted by molar-refractivity contribution is 5.93. The lowest BCUT2D eigenvalue weighted by Gasteiger charge is -2.58. The second-order valence-electron chi connectivity index (χ2n) is 11.1. The molecule has 4 aliphatic carbocycles. The number of ether oxygens (including phenoxy) is 1. The lowest BCUT2D eigenvalue weighted by atomic mass is 9.52. The predicted octanol–water partition coefficient (Wildman–Crippen LogP) is 2.87. The van der Waals surface area contributed by atoms with Gasteiger partial charge in [0.15, 0.2) is 0 Å². The highest BCUT2D eigenvalue weighted by Gasteiger charge is 2.55. The van der Waals surface area contributed by atoms with Crippen molar-refractivity contribution in [3.8, 4) is 5.88 Å². The topological polar surface area (TPSA) is 90.8 Å². The molecule has 5 aliphatic rings. The van der Waals surface area contributed by atoms with Crippen molar-refractivity contribution in [1.29, 1.82) is 0 Å². The fourth-order valence-corrected chi connectivity index (χ4v) is 7.36. The summed E-state index contributed by atoms with van der Waals surface area (Å²) in [5.41, 5.74) is 1.07. The van der Waals surface area contributed by atoms with Crippen molar-refractivity contribution in [2.45, 2.75) is 56.7 Å². The molecule has 4 saturated carbocycles. The molecule has 7 rings (SSSR count). The number of anilines is 2. The van der Waals surface area contributed by atoms with Crippen molar-refractivity contribution in [2.75, 3.05) is 36.5 Å². The third-order valence-corrected chi connectivity index (χ3v) is 8.72. The highest BCUT2D eigenvalue weighted by Crippen LogP contribution is 2.55. The van der Waals surface area contributed by atoms with Gasteiger partial charge in [0.05, 0.1) is 24.6 Å². The Morgan fingerprint density at radius 3 is 2.60 bits per heavy atom. The van der Waals surface area contributed by atoms with Crippen molar-refractivity contribution in [1.82, 2.24) is 15.3 Å². The Morgan fingerprint density at radius 2 is 1.94 bits per heavy atom. The van der Waals surface area contributed by atoms with Crippen LogP contribution >= 0.6 is 0 Å². The summed E-state index contributed by atoms with van der Waals surface area (Å²) in [5, 5.41) is 14.2. The molecular weight excluding hydrogens is 442 g/mol. The third-order valence-electron chi connectivity index (χ3n) is 8.72. The van der Waals surface area contributed by atoms with E-state index in [1.54, 1.807) is 7.11 Å². The van der Waals surface area contributed by atoms with E-state index < -0.39 is 5.60 Å². The van der Waals surface area contributed by atoms with E-state index in [0.29, 0.717) is 29.3 Å². The molecule has 0 spiro atoms. The molecule has 35 heavy (non-hydrogen) atoms. The van der Waals surface area contributed by atoms with Gasteiger partial charge in [-0.05, 0) is 75.0 Å². The van der Waals surface area contributed by atoms with Crippen LogP contribution in [0.2, 0.25) is 0 Å². The van der Waals surface area contributed by atoms with Crippen LogP contribution in [0.1, 0.15) is 49.5 Å². The molecule has 1 amide bonds. The molecule has 2 N–H and O–H groups in total. The van der Waals surface area contributed by atoms with E-state index in [4.69, 9.17) is 9.72 Å². The molecule has 0 radical (unpaired) electrons. The van der Waals surface area contributed by atoms with E-state index in [2.05, 4.69) is 27.0 Å². The maximum absolute atomic E-state index is 13.2. The Labute approximate surface area is 206 Å². The number of aliphatic hydroxyl groups is 1. The fraction of sp³-hybridized carbons (Fsp3) is 0.593. The van der Waals surface area contributed by atoms with Gasteiger partial charge >= 0.3 is 0 Å². The summed E-state index contributed by atoms with van der Waals surface area (Å²) in [7, 11) is 1.62. The first-order valence-corrected chi connectivity index (χ1v) is 12.9. The van der Waals surface area contributed by atoms with Gasteiger partial charge in [-0.3, -0.25) is 4.79 Å². The smallest absolute Gasteiger partial charge is 0.270 e. The van der Waals surface area contributed by atoms with Crippen LogP contribution in [0, 0.1) is 17.8 Å². The quantitative estimate of drug-likeness (QED) is 0.684. The average molecular weight is 478 g/mol. The van der Waals surface area contributed by atoms with Crippen LogP contribution in [0.15, 0.2) is 36.5 Å². The summed E-state index contributed by atoms with van der Waals surface area (Å²) >= 11 is 0. The van der Waals surface area contributed by atoms with Crippen LogP contribution in [0.4, 0.5) is 11.5 Å². The molecule has 2 aromatic heterocycles. The predicted molar refractivity (Wildman–Crippen MR) is 134 cm³/mol. The second kappa shape index (κ2) is 8.66. The number of rotatable bonds is 5. The number of pyridine rings is 2. The zero-order valence-corrected chi connectivity index (χ0v) is 20.6. The molecule has 5 fully saturated rings. The van der Waals surface area contributed by atoms with Crippen LogP contribution in [0.3, 0.4) is 0 Å². The van der Waals surface area contributed by atoms with Crippen LogP contribution in [-0.4, -0.2) is 65.4 Å². The van der Waals surface area contributed by atoms with Gasteiger partial charge in [-0.1, -0.05) is 6.07 Å². The molecule has 1 aliphatic heterocycles. The molecule has 2 aromatic rings. The van der Waals surface area contributed by atoms with Crippen molar-refractivity contribution >= 4 is 17.4 Å². The van der Waals surface area contributed by atoms with Crippen molar-refractivity contribution in [2.24, 2.45) is 17.8 Å². The molecule has 0 aromatic carbocycles. The summed E-state index contributed by atoms with van der Waals surface area (Å²) in [4.78, 5) is 27.0. The van der Waals surface area contributed by atoms with Crippen molar-refractivity contribution < 1.29 is 14.6 Å². The van der Waals surface area contributed by atoms with Crippen LogP contribution < -0.4 is 19.9 Å². The number of hydrogen-bond donors (Lipinski definition) is 2. The second-order valence-corrected chi connectivity index (χ2v) is 11.1. The van der Waals surface area contributed by atoms with Crippen LogP contribution in [-0.2, 0) is 0 Å². The number of nitrogens with zero attached hydrogens (tertiary/aromatic N) is 4. The molecule has 3 heterocycles. The first kappa shape index (κ1) is 22.6. The normalized spacial score (nSPS) is 33.6. The Kier molecular flexibility index (Phi) is 5.59. The Balaban J connectivity index is 1.12. The average Bonchev–Trinajstić information content (AvgIpc) is 2.85. The number of amides is 1. The zero-order chi connectivity index (χ0) is 24.2. The van der Waals surface area contributed by atoms with E-state index in [1.165, 1.54) is 0 Å². The fourth-order valence-electron chi connectivity index (χ4n) is 7.36. The minimum Gasteiger partial charge on any atom is -0.481 e. The third kappa shape index (κ3) is 4.22. The summed E-state index contributed by atoms with van der Waals surface area (Å²) in [6, 6.07) is 10.1. The van der Waals surface area contributed by atoms with E-state index >= 15 is 0 Å². The van der Waals surface area contributed by atoms with Crippen molar-refractivity contribution in [3.05, 3.63) is 42.2 Å². The Morgan fingerprint density at radius 1 is 1.14 bits per heavy atom. The largest absolute Gasteiger partial charge is 0.481 e. The lowest BCUT2D eigenvalue weighted by Crippen LogP contribution is -2.61. The van der Waals surface area contributed by atoms with Gasteiger partial charge < -0.3 is 25.0 Å². The number of carbonyl (C=O) groups is 1. The minimum absolute atomic E-state index is 0.0908. The van der Waals surface area contributed by atoms with E-state index in [0.717, 1.165) is 63.2 Å². The van der Waals surface area contributed by atoms with Gasteiger partial charge in [0.2, 0.25) is 5.88 Å². The summed E-state index contributed by atoms with van der Waals surface area (Å²) in [5.74, 6) is 2.77. The summed E-state index contributed by atoms with van der Waals surface area (Å²) in [6.45, 7) is 4.71. The van der Waals surface area contributed by atoms with Gasteiger partial charge in [0, 0.05) is 37.8 Å². The number of carbonyl (C=O) groups excluding carboxylic acids is 1. The van der Waals surface area contributed by atoms with Gasteiger partial charge in [-0.2, -0.15) is 0 Å². The molecule has 186 valence electrons. The Bertz CT molecular complexity index is 1080. The molecule has 8 nitrogen and oxygen atoms in total. The standard InChI is InChI=1S/C27H35N5O3/c1-17-16-31(21-6-7-24(35-2)28-15-21)8-9-32(17)23-5-3-4-22(29-23)26(33)30-25-19-10-18-11-20(25)14-27(34,12-18)13-19/h3-7,15,17-20,25,34H,8-14,16H2,1-2H3,(H,30,33)/t17-,18?,19?,20?,25?,27?/m1/s1. The minimum atomic E-state index is -0.490. The number of methoxy groups -OCH3 is 1. The monoisotopic (exact) mass is 477 g/mol. The number of nitrogens with one attached hydrogen (secondary N) is 1. The summed E-state index contributed by atoms with van der Waals surface area (Å²) < 4.78 is 5.17. The van der Waals surface area contributed by atoms with Crippen LogP contribution in [0.25, 0.3) is 0 Å². The van der Waals surface area contributed by atoms with E-state index in [1.807, 2.05) is 36.5 Å². The SMILES string of the molecule is COc1ccc(N2CCN(c3cccc(C(=O)NC4C5CC6CC4CC(O)(C6)C5)n3)[C@H](C)C2)cn1. The van der Waals surface area contributed by atoms with Gasteiger partial charge in [-0.25, -0.2) is 9.97 Å². The number of aromatic nitrogens is 2. The van der Waals surface area contributed by atoms with Crippen molar-refractivity contribution in [3.63, 3.8) is 0 Å². The Hall–Kier alpha value is -2.87. The molecule has 1 saturated heterocycles.